The molecule has 4 rings (SSSR count). The number of unbranched alkanes of at least 4 members (excludes halogenated alkanes) is 1. The van der Waals surface area contributed by atoms with Crippen LogP contribution in [-0.4, -0.2) is 51.6 Å². The van der Waals surface area contributed by atoms with Gasteiger partial charge in [-0.3, -0.25) is 24.8 Å². The maximum Gasteiger partial charge on any atom is 0.180 e. The van der Waals surface area contributed by atoms with E-state index in [-0.39, 0.29) is 5.78 Å². The van der Waals surface area contributed by atoms with E-state index in [1.807, 2.05) is 60.9 Å². The molecule has 0 fully saturated rings. The molecule has 186 valence electrons. The molecule has 36 heavy (non-hydrogen) atoms. The van der Waals surface area contributed by atoms with Crippen LogP contribution >= 0.6 is 0 Å². The maximum atomic E-state index is 12.7. The van der Waals surface area contributed by atoms with Crippen LogP contribution in [-0.2, 0) is 13.1 Å². The van der Waals surface area contributed by atoms with Crippen molar-refractivity contribution >= 4 is 5.78 Å². The van der Waals surface area contributed by atoms with Crippen molar-refractivity contribution in [2.45, 2.75) is 32.4 Å². The van der Waals surface area contributed by atoms with Crippen molar-refractivity contribution in [1.82, 2.24) is 25.1 Å². The third kappa shape index (κ3) is 6.99. The largest absolute Gasteiger partial charge is 0.495 e. The number of nitrogens with one attached hydrogen (secondary N) is 1. The summed E-state index contributed by atoms with van der Waals surface area (Å²) in [5, 5.41) is 7.19. The van der Waals surface area contributed by atoms with Gasteiger partial charge in [0.1, 0.15) is 17.2 Å². The molecule has 0 radical (unpaired) electrons. The first-order valence-electron chi connectivity index (χ1n) is 12.0. The van der Waals surface area contributed by atoms with E-state index in [1.165, 1.54) is 0 Å². The number of hydrogen-bond acceptors (Lipinski definition) is 7. The van der Waals surface area contributed by atoms with Gasteiger partial charge < -0.3 is 9.47 Å². The highest BCUT2D eigenvalue weighted by Gasteiger charge is 2.13. The Morgan fingerprint density at radius 1 is 0.861 bits per heavy atom. The van der Waals surface area contributed by atoms with Gasteiger partial charge in [0.15, 0.2) is 5.78 Å². The number of methoxy groups -OCH3 is 2. The van der Waals surface area contributed by atoms with Crippen LogP contribution in [0.15, 0.2) is 73.3 Å². The summed E-state index contributed by atoms with van der Waals surface area (Å²) in [7, 11) is 3.28. The Morgan fingerprint density at radius 2 is 1.50 bits per heavy atom. The number of ether oxygens (including phenoxy) is 2. The molecule has 0 aliphatic carbocycles. The van der Waals surface area contributed by atoms with Gasteiger partial charge in [-0.1, -0.05) is 30.3 Å². The lowest BCUT2D eigenvalue weighted by atomic mass is 10.1. The number of nitrogens with zero attached hydrogens (tertiary/aromatic N) is 4. The van der Waals surface area contributed by atoms with Crippen molar-refractivity contribution in [2.75, 3.05) is 20.8 Å². The van der Waals surface area contributed by atoms with E-state index in [2.05, 4.69) is 25.1 Å². The average Bonchev–Trinajstić information content (AvgIpc) is 3.42. The summed E-state index contributed by atoms with van der Waals surface area (Å²) >= 11 is 0. The molecule has 0 saturated carbocycles. The first-order valence-corrected chi connectivity index (χ1v) is 12.0. The summed E-state index contributed by atoms with van der Waals surface area (Å²) in [6, 6.07) is 15.7. The molecule has 1 N–H and O–H groups in total. The van der Waals surface area contributed by atoms with E-state index in [4.69, 9.17) is 9.47 Å². The SMILES string of the molecule is COc1cncc(CN(CCCCC(=O)c2cc(-c3ccccc3)n[nH]2)Cc2cncc(OC)c2)c1. The lowest BCUT2D eigenvalue weighted by Gasteiger charge is -2.22. The molecular formula is C28H31N5O3. The van der Waals surface area contributed by atoms with Gasteiger partial charge >= 0.3 is 0 Å². The summed E-state index contributed by atoms with van der Waals surface area (Å²) in [5.41, 5.74) is 4.45. The fourth-order valence-electron chi connectivity index (χ4n) is 4.03. The lowest BCUT2D eigenvalue weighted by Crippen LogP contribution is -2.24. The van der Waals surface area contributed by atoms with Crippen LogP contribution in [0, 0.1) is 0 Å². The number of ketones is 1. The van der Waals surface area contributed by atoms with E-state index in [0.717, 1.165) is 53.3 Å². The van der Waals surface area contributed by atoms with E-state index in [9.17, 15) is 4.79 Å². The zero-order valence-electron chi connectivity index (χ0n) is 20.7. The normalized spacial score (nSPS) is 11.0. The minimum Gasteiger partial charge on any atom is -0.495 e. The van der Waals surface area contributed by atoms with Gasteiger partial charge in [-0.25, -0.2) is 0 Å². The molecule has 1 aromatic carbocycles. The second-order valence-electron chi connectivity index (χ2n) is 8.59. The number of carbonyl (C=O) groups is 1. The quantitative estimate of drug-likeness (QED) is 0.212. The fourth-order valence-corrected chi connectivity index (χ4v) is 4.03. The number of aromatic amines is 1. The van der Waals surface area contributed by atoms with Crippen LogP contribution in [0.4, 0.5) is 0 Å². The van der Waals surface area contributed by atoms with E-state index >= 15 is 0 Å². The Hall–Kier alpha value is -4.04. The summed E-state index contributed by atoms with van der Waals surface area (Å²) < 4.78 is 10.7. The number of benzene rings is 1. The summed E-state index contributed by atoms with van der Waals surface area (Å²) in [4.78, 5) is 23.6. The highest BCUT2D eigenvalue weighted by molar-refractivity contribution is 5.95. The minimum atomic E-state index is 0.0743. The van der Waals surface area contributed by atoms with E-state index < -0.39 is 0 Å². The van der Waals surface area contributed by atoms with Crippen LogP contribution in [0.5, 0.6) is 11.5 Å². The molecule has 8 heteroatoms. The fraction of sp³-hybridized carbons (Fsp3) is 0.286. The predicted molar refractivity (Wildman–Crippen MR) is 138 cm³/mol. The highest BCUT2D eigenvalue weighted by Crippen LogP contribution is 2.19. The first-order chi connectivity index (χ1) is 17.6. The molecule has 3 heterocycles. The monoisotopic (exact) mass is 485 g/mol. The van der Waals surface area contributed by atoms with Crippen molar-refractivity contribution in [3.8, 4) is 22.8 Å². The molecule has 8 nitrogen and oxygen atoms in total. The number of hydrogen-bond donors (Lipinski definition) is 1. The number of pyridine rings is 2. The van der Waals surface area contributed by atoms with Gasteiger partial charge in [0.25, 0.3) is 0 Å². The molecule has 0 unspecified atom stereocenters. The Labute approximate surface area is 211 Å². The number of carbonyl (C=O) groups excluding carboxylic acids is 1. The van der Waals surface area contributed by atoms with Crippen molar-refractivity contribution in [1.29, 1.82) is 0 Å². The van der Waals surface area contributed by atoms with Crippen molar-refractivity contribution < 1.29 is 14.3 Å². The summed E-state index contributed by atoms with van der Waals surface area (Å²) in [6.45, 7) is 2.23. The molecule has 0 amide bonds. The van der Waals surface area contributed by atoms with E-state index in [1.54, 1.807) is 26.6 Å². The molecule has 0 atom stereocenters. The van der Waals surface area contributed by atoms with Crippen LogP contribution in [0.25, 0.3) is 11.3 Å². The predicted octanol–water partition coefficient (Wildman–Crippen LogP) is 4.94. The van der Waals surface area contributed by atoms with Crippen LogP contribution < -0.4 is 9.47 Å². The molecule has 0 bridgehead atoms. The zero-order valence-corrected chi connectivity index (χ0v) is 20.7. The zero-order chi connectivity index (χ0) is 25.2. The Balaban J connectivity index is 1.34. The third-order valence-corrected chi connectivity index (χ3v) is 5.90. The van der Waals surface area contributed by atoms with Gasteiger partial charge in [-0.15, -0.1) is 0 Å². The third-order valence-electron chi connectivity index (χ3n) is 5.90. The standard InChI is InChI=1S/C28H31N5O3/c1-35-24-12-21(15-29-17-24)19-33(20-22-13-25(36-2)18-30-16-22)11-7-6-10-28(34)27-14-26(31-32-27)23-8-4-3-5-9-23/h3-5,8-9,12-18H,6-7,10-11,19-20H2,1-2H3,(H,31,32). The Bertz CT molecular complexity index is 1210. The topological polar surface area (TPSA) is 93.2 Å². The number of aromatic nitrogens is 4. The van der Waals surface area contributed by atoms with Crippen molar-refractivity contribution in [3.63, 3.8) is 0 Å². The lowest BCUT2D eigenvalue weighted by molar-refractivity contribution is 0.0972. The molecule has 3 aromatic heterocycles. The minimum absolute atomic E-state index is 0.0743. The molecule has 0 saturated heterocycles. The van der Waals surface area contributed by atoms with Gasteiger partial charge in [-0.05, 0) is 48.7 Å². The highest BCUT2D eigenvalue weighted by atomic mass is 16.5. The van der Waals surface area contributed by atoms with Gasteiger partial charge in [0.05, 0.1) is 32.3 Å². The van der Waals surface area contributed by atoms with Crippen molar-refractivity contribution in [3.05, 3.63) is 90.1 Å². The Morgan fingerprint density at radius 3 is 2.11 bits per heavy atom. The smallest absolute Gasteiger partial charge is 0.180 e. The number of H-pyrrole nitrogens is 1. The first kappa shape index (κ1) is 25.1. The second kappa shape index (κ2) is 12.6. The number of Topliss-reactive ketones (excluding diaryl/α,β-unsaturated/α-hetero) is 1. The maximum absolute atomic E-state index is 12.7. The van der Waals surface area contributed by atoms with Crippen molar-refractivity contribution in [2.24, 2.45) is 0 Å². The molecule has 4 aromatic rings. The van der Waals surface area contributed by atoms with Crippen LogP contribution in [0.3, 0.4) is 0 Å². The van der Waals surface area contributed by atoms with Crippen LogP contribution in [0.2, 0.25) is 0 Å². The second-order valence-corrected chi connectivity index (χ2v) is 8.59. The molecular weight excluding hydrogens is 454 g/mol. The Kier molecular flexibility index (Phi) is 8.77. The van der Waals surface area contributed by atoms with E-state index in [0.29, 0.717) is 25.2 Å². The average molecular weight is 486 g/mol. The van der Waals surface area contributed by atoms with Gasteiger partial charge in [0.2, 0.25) is 0 Å². The summed E-state index contributed by atoms with van der Waals surface area (Å²) in [6.07, 6.45) is 9.22. The van der Waals surface area contributed by atoms with Gasteiger partial charge in [0, 0.05) is 37.5 Å². The number of rotatable bonds is 13. The van der Waals surface area contributed by atoms with Crippen LogP contribution in [0.1, 0.15) is 40.9 Å². The summed E-state index contributed by atoms with van der Waals surface area (Å²) in [5.74, 6) is 1.54. The molecule has 0 aliphatic heterocycles. The molecule has 0 aliphatic rings. The molecule has 0 spiro atoms. The van der Waals surface area contributed by atoms with Gasteiger partial charge in [-0.2, -0.15) is 5.10 Å².